The number of carbonyl (C=O) groups is 4. The highest BCUT2D eigenvalue weighted by Gasteiger charge is 2.28. The van der Waals surface area contributed by atoms with E-state index in [1.807, 2.05) is 0 Å². The summed E-state index contributed by atoms with van der Waals surface area (Å²) in [7, 11) is 1.20. The molecule has 9 nitrogen and oxygen atoms in total. The second-order valence-corrected chi connectivity index (χ2v) is 7.08. The fourth-order valence-electron chi connectivity index (χ4n) is 1.74. The number of alkyl carbamates (subject to hydrolysis) is 1. The molecule has 0 aliphatic rings. The molecule has 10 heteroatoms. The Hall–Kier alpha value is -1.97. The Morgan fingerprint density at radius 3 is 2.16 bits per heavy atom. The summed E-state index contributed by atoms with van der Waals surface area (Å²) in [6.45, 7) is 4.97. The average Bonchev–Trinajstić information content (AvgIpc) is 2.47. The van der Waals surface area contributed by atoms with E-state index >= 15 is 0 Å². The van der Waals surface area contributed by atoms with Crippen LogP contribution in [-0.4, -0.2) is 65.8 Å². The van der Waals surface area contributed by atoms with Gasteiger partial charge in [0.1, 0.15) is 17.7 Å². The van der Waals surface area contributed by atoms with Crippen molar-refractivity contribution in [3.63, 3.8) is 0 Å². The third-order valence-corrected chi connectivity index (χ3v) is 3.46. The number of amides is 2. The van der Waals surface area contributed by atoms with E-state index in [4.69, 9.17) is 9.84 Å². The Bertz CT molecular complexity index is 491. The fourth-order valence-corrected chi connectivity index (χ4v) is 2.29. The van der Waals surface area contributed by atoms with Crippen LogP contribution in [0.4, 0.5) is 4.79 Å². The van der Waals surface area contributed by atoms with Gasteiger partial charge in [-0.3, -0.25) is 9.59 Å². The molecule has 144 valence electrons. The third-order valence-electron chi connectivity index (χ3n) is 2.79. The predicted octanol–water partition coefficient (Wildman–Crippen LogP) is 0.765. The molecule has 2 amide bonds. The molecule has 0 bridgehead atoms. The first-order valence-corrected chi connectivity index (χ1v) is 8.98. The van der Waals surface area contributed by atoms with Gasteiger partial charge in [-0.05, 0) is 33.4 Å². The molecule has 3 N–H and O–H groups in total. The van der Waals surface area contributed by atoms with Gasteiger partial charge >= 0.3 is 18.0 Å². The number of thioether (sulfide) groups is 1. The van der Waals surface area contributed by atoms with Crippen molar-refractivity contribution >= 4 is 35.7 Å². The number of ether oxygens (including phenoxy) is 2. The van der Waals surface area contributed by atoms with E-state index in [0.717, 1.165) is 0 Å². The van der Waals surface area contributed by atoms with Gasteiger partial charge in [-0.2, -0.15) is 11.8 Å². The third kappa shape index (κ3) is 10.5. The van der Waals surface area contributed by atoms with Gasteiger partial charge in [0, 0.05) is 12.2 Å². The van der Waals surface area contributed by atoms with Crippen molar-refractivity contribution in [1.29, 1.82) is 0 Å². The Labute approximate surface area is 151 Å². The lowest BCUT2D eigenvalue weighted by molar-refractivity contribution is -0.144. The van der Waals surface area contributed by atoms with Gasteiger partial charge in [0.2, 0.25) is 5.91 Å². The smallest absolute Gasteiger partial charge is 0.408 e. The molecule has 2 atom stereocenters. The molecule has 0 aliphatic heterocycles. The number of methoxy groups -OCH3 is 1. The van der Waals surface area contributed by atoms with E-state index in [2.05, 4.69) is 15.4 Å². The van der Waals surface area contributed by atoms with Crippen LogP contribution < -0.4 is 10.6 Å². The minimum atomic E-state index is -1.15. The van der Waals surface area contributed by atoms with Gasteiger partial charge < -0.3 is 25.2 Å². The topological polar surface area (TPSA) is 131 Å². The van der Waals surface area contributed by atoms with Crippen LogP contribution in [0.5, 0.6) is 0 Å². The molecule has 0 heterocycles. The molecule has 0 aromatic carbocycles. The lowest BCUT2D eigenvalue weighted by Gasteiger charge is -2.24. The number of carboxylic acid groups (broad SMARTS) is 1. The van der Waals surface area contributed by atoms with Crippen LogP contribution in [0.2, 0.25) is 0 Å². The molecule has 0 saturated heterocycles. The minimum Gasteiger partial charge on any atom is -0.481 e. The Kier molecular flexibility index (Phi) is 9.95. The van der Waals surface area contributed by atoms with Gasteiger partial charge in [-0.1, -0.05) is 0 Å². The number of carboxylic acids is 1. The number of esters is 1. The normalized spacial score (nSPS) is 13.3. The maximum absolute atomic E-state index is 12.4. The highest BCUT2D eigenvalue weighted by Crippen LogP contribution is 2.08. The zero-order chi connectivity index (χ0) is 19.6. The van der Waals surface area contributed by atoms with Crippen molar-refractivity contribution in [3.05, 3.63) is 0 Å². The maximum atomic E-state index is 12.4. The minimum absolute atomic E-state index is 0.145. The number of aliphatic carboxylic acids is 1. The first kappa shape index (κ1) is 23.0. The average molecular weight is 378 g/mol. The lowest BCUT2D eigenvalue weighted by atomic mass is 10.1. The van der Waals surface area contributed by atoms with Crippen LogP contribution in [0.15, 0.2) is 0 Å². The summed E-state index contributed by atoms with van der Waals surface area (Å²) in [5.41, 5.74) is -0.773. The Morgan fingerprint density at radius 1 is 1.12 bits per heavy atom. The Morgan fingerprint density at radius 2 is 1.72 bits per heavy atom. The van der Waals surface area contributed by atoms with Crippen LogP contribution in [0, 0.1) is 0 Å². The van der Waals surface area contributed by atoms with E-state index in [1.165, 1.54) is 18.9 Å². The number of rotatable bonds is 9. The quantitative estimate of drug-likeness (QED) is 0.501. The summed E-state index contributed by atoms with van der Waals surface area (Å²) in [5, 5.41) is 13.6. The summed E-state index contributed by atoms with van der Waals surface area (Å²) in [5.74, 6) is -2.15. The Balaban J connectivity index is 5.04. The van der Waals surface area contributed by atoms with Crippen LogP contribution in [-0.2, 0) is 23.9 Å². The van der Waals surface area contributed by atoms with E-state index < -0.39 is 41.6 Å². The summed E-state index contributed by atoms with van der Waals surface area (Å²) >= 11 is 1.33. The molecule has 0 saturated carbocycles. The van der Waals surface area contributed by atoms with Gasteiger partial charge in [-0.15, -0.1) is 0 Å². The fraction of sp³-hybridized carbons (Fsp3) is 0.733. The summed E-state index contributed by atoms with van der Waals surface area (Å²) in [6.07, 6.45) is 0.424. The summed E-state index contributed by atoms with van der Waals surface area (Å²) < 4.78 is 9.69. The number of carbonyl (C=O) groups excluding carboxylic acids is 3. The van der Waals surface area contributed by atoms with Crippen molar-refractivity contribution in [2.45, 2.75) is 51.3 Å². The van der Waals surface area contributed by atoms with Crippen molar-refractivity contribution in [1.82, 2.24) is 10.6 Å². The standard InChI is InChI=1S/C15H26N2O7S/c1-15(2,3)24-14(22)17-9(6-7-11(18)19)12(20)16-10(8-25-5)13(21)23-4/h9-10H,6-8H2,1-5H3,(H,16,20)(H,17,22)(H,18,19)/t9-,10-/m0/s1. The molecule has 0 unspecified atom stereocenters. The van der Waals surface area contributed by atoms with Crippen LogP contribution in [0.3, 0.4) is 0 Å². The summed E-state index contributed by atoms with van der Waals surface area (Å²) in [6, 6.07) is -2.06. The second-order valence-electron chi connectivity index (χ2n) is 6.17. The molecule has 0 rings (SSSR count). The molecule has 0 radical (unpaired) electrons. The largest absolute Gasteiger partial charge is 0.481 e. The zero-order valence-corrected chi connectivity index (χ0v) is 15.9. The molecule has 0 fully saturated rings. The molecular formula is C15H26N2O7S. The van der Waals surface area contributed by atoms with E-state index in [-0.39, 0.29) is 18.6 Å². The van der Waals surface area contributed by atoms with Crippen molar-refractivity contribution in [3.8, 4) is 0 Å². The number of nitrogens with one attached hydrogen (secondary N) is 2. The van der Waals surface area contributed by atoms with E-state index in [9.17, 15) is 19.2 Å². The molecule has 0 aromatic rings. The first-order chi connectivity index (χ1) is 11.5. The van der Waals surface area contributed by atoms with Crippen molar-refractivity contribution in [2.24, 2.45) is 0 Å². The lowest BCUT2D eigenvalue weighted by Crippen LogP contribution is -2.53. The highest BCUT2D eigenvalue weighted by atomic mass is 32.2. The van der Waals surface area contributed by atoms with Gasteiger partial charge in [-0.25, -0.2) is 9.59 Å². The summed E-state index contributed by atoms with van der Waals surface area (Å²) in [4.78, 5) is 46.7. The van der Waals surface area contributed by atoms with E-state index in [0.29, 0.717) is 0 Å². The van der Waals surface area contributed by atoms with E-state index in [1.54, 1.807) is 27.0 Å². The maximum Gasteiger partial charge on any atom is 0.408 e. The first-order valence-electron chi connectivity index (χ1n) is 7.58. The highest BCUT2D eigenvalue weighted by molar-refractivity contribution is 7.98. The van der Waals surface area contributed by atoms with Gasteiger partial charge in [0.15, 0.2) is 0 Å². The van der Waals surface area contributed by atoms with Crippen LogP contribution in [0.25, 0.3) is 0 Å². The van der Waals surface area contributed by atoms with Crippen molar-refractivity contribution < 1.29 is 33.8 Å². The number of hydrogen-bond donors (Lipinski definition) is 3. The molecular weight excluding hydrogens is 352 g/mol. The van der Waals surface area contributed by atoms with Gasteiger partial charge in [0.25, 0.3) is 0 Å². The molecule has 0 aromatic heterocycles. The van der Waals surface area contributed by atoms with Crippen LogP contribution in [0.1, 0.15) is 33.6 Å². The second kappa shape index (κ2) is 10.8. The SMILES string of the molecule is COC(=O)[C@H](CSC)NC(=O)[C@H](CCC(=O)O)NC(=O)OC(C)(C)C. The number of hydrogen-bond acceptors (Lipinski definition) is 7. The predicted molar refractivity (Wildman–Crippen MR) is 92.4 cm³/mol. The molecule has 0 aliphatic carbocycles. The molecule has 25 heavy (non-hydrogen) atoms. The monoisotopic (exact) mass is 378 g/mol. The van der Waals surface area contributed by atoms with Crippen molar-refractivity contribution in [2.75, 3.05) is 19.1 Å². The zero-order valence-electron chi connectivity index (χ0n) is 15.1. The van der Waals surface area contributed by atoms with Crippen LogP contribution >= 0.6 is 11.8 Å². The molecule has 0 spiro atoms. The van der Waals surface area contributed by atoms with Gasteiger partial charge in [0.05, 0.1) is 7.11 Å².